The quantitative estimate of drug-likeness (QED) is 0.0185. The van der Waals surface area contributed by atoms with E-state index in [1.807, 2.05) is 0 Å². The lowest BCUT2D eigenvalue weighted by molar-refractivity contribution is -0.146. The number of benzene rings is 2. The van der Waals surface area contributed by atoms with Gasteiger partial charge in [0.05, 0.1) is 30.5 Å². The maximum Gasteiger partial charge on any atom is 0.248 e. The summed E-state index contributed by atoms with van der Waals surface area (Å²) in [4.78, 5) is 97.8. The second-order valence-corrected chi connectivity index (χ2v) is 22.8. The number of hydrogen-bond donors (Lipinski definition) is 15. The van der Waals surface area contributed by atoms with E-state index in [1.54, 1.807) is 30.3 Å². The highest BCUT2D eigenvalue weighted by molar-refractivity contribution is 8.00. The molecule has 9 unspecified atom stereocenters. The average molecular weight is 1150 g/mol. The van der Waals surface area contributed by atoms with Crippen LogP contribution in [-0.4, -0.2) is 185 Å². The summed E-state index contributed by atoms with van der Waals surface area (Å²) >= 11 is 1.05. The highest BCUT2D eigenvalue weighted by Crippen LogP contribution is 2.28. The number of likely N-dealkylation sites (tertiary alicyclic amines) is 1. The molecule has 80 heavy (non-hydrogen) atoms. The number of aliphatic hydroxyl groups is 7. The zero-order chi connectivity index (χ0) is 59.1. The molecule has 4 rings (SSSR count). The Labute approximate surface area is 473 Å². The lowest BCUT2D eigenvalue weighted by atomic mass is 9.91. The topological polar surface area (TPSA) is 383 Å². The molecule has 0 bridgehead atoms. The van der Waals surface area contributed by atoms with Crippen molar-refractivity contribution in [3.63, 3.8) is 0 Å². The minimum atomic E-state index is -2.18. The molecule has 448 valence electrons. The van der Waals surface area contributed by atoms with Gasteiger partial charge in [-0.15, -0.1) is 0 Å². The van der Waals surface area contributed by atoms with Gasteiger partial charge in [0.1, 0.15) is 65.9 Å². The van der Waals surface area contributed by atoms with Gasteiger partial charge in [-0.2, -0.15) is 0 Å². The molecule has 2 aliphatic heterocycles. The van der Waals surface area contributed by atoms with Crippen molar-refractivity contribution in [2.24, 2.45) is 17.6 Å². The van der Waals surface area contributed by atoms with Gasteiger partial charge in [0.15, 0.2) is 0 Å². The summed E-state index contributed by atoms with van der Waals surface area (Å²) in [6.45, 7) is 7.67. The van der Waals surface area contributed by atoms with Crippen LogP contribution in [0.5, 0.6) is 5.75 Å². The number of aliphatic hydroxyl groups excluding tert-OH is 7. The Morgan fingerprint density at radius 2 is 1.43 bits per heavy atom. The maximum absolute atomic E-state index is 14.6. The summed E-state index contributed by atoms with van der Waals surface area (Å²) in [6.07, 6.45) is -3.11. The molecule has 0 aliphatic carbocycles. The Morgan fingerprint density at radius 3 is 2.04 bits per heavy atom. The molecule has 0 spiro atoms. The molecule has 2 heterocycles. The summed E-state index contributed by atoms with van der Waals surface area (Å²) < 4.78 is 0. The van der Waals surface area contributed by atoms with Crippen molar-refractivity contribution in [1.29, 1.82) is 0 Å². The third-order valence-corrected chi connectivity index (χ3v) is 16.0. The summed E-state index contributed by atoms with van der Waals surface area (Å²) in [5.41, 5.74) is 5.51. The molecule has 2 aromatic carbocycles. The summed E-state index contributed by atoms with van der Waals surface area (Å²) in [5, 5.41) is 102. The number of thioether (sulfide) groups is 1. The van der Waals surface area contributed by atoms with Gasteiger partial charge in [0, 0.05) is 30.7 Å². The van der Waals surface area contributed by atoms with Gasteiger partial charge in [-0.1, -0.05) is 108 Å². The number of carbonyl (C=O) groups is 7. The maximum atomic E-state index is 14.6. The molecule has 16 atom stereocenters. The SMILES string of the molecule is CCC(C)CC(C)CCCCCCCCC(=O)NC(C[C@@H](O)C(NC(=O)C1NCC[C@@H]1O)Sc1ccccc1)C(=O)NC(C(=O)N1C[C@H](O)CC1C(=O)NC(C(=O)NC(C=O)[C@H](O)CCN)[C@H](O)[C@@H](O)c1ccc(O)cc1)[C@@H](C)O. The first-order valence-electron chi connectivity index (χ1n) is 28.1. The van der Waals surface area contributed by atoms with Crippen molar-refractivity contribution in [3.8, 4) is 5.75 Å². The van der Waals surface area contributed by atoms with E-state index in [9.17, 15) is 74.4 Å². The molecule has 2 saturated heterocycles. The fourth-order valence-electron chi connectivity index (χ4n) is 9.92. The number of rotatable bonds is 35. The Kier molecular flexibility index (Phi) is 28.8. The van der Waals surface area contributed by atoms with Crippen molar-refractivity contribution in [2.75, 3.05) is 19.6 Å². The second-order valence-electron chi connectivity index (χ2n) is 21.5. The van der Waals surface area contributed by atoms with Crippen LogP contribution < -0.4 is 37.6 Å². The van der Waals surface area contributed by atoms with E-state index < -0.39 is 139 Å². The number of phenolic OH excluding ortho intramolecular Hbond substituents is 1. The van der Waals surface area contributed by atoms with Crippen LogP contribution in [0.25, 0.3) is 0 Å². The smallest absolute Gasteiger partial charge is 0.248 e. The van der Waals surface area contributed by atoms with Gasteiger partial charge in [-0.05, 0) is 87.4 Å². The summed E-state index contributed by atoms with van der Waals surface area (Å²) in [7, 11) is 0. The van der Waals surface area contributed by atoms with Gasteiger partial charge in [-0.3, -0.25) is 28.8 Å². The second kappa shape index (κ2) is 34.2. The van der Waals surface area contributed by atoms with Crippen LogP contribution in [0.2, 0.25) is 0 Å². The van der Waals surface area contributed by atoms with E-state index in [0.717, 1.165) is 68.5 Å². The van der Waals surface area contributed by atoms with E-state index in [2.05, 4.69) is 52.7 Å². The Hall–Kier alpha value is -5.28. The van der Waals surface area contributed by atoms with Crippen LogP contribution in [0.1, 0.15) is 129 Å². The number of nitrogens with zero attached hydrogens (tertiary/aromatic N) is 1. The number of carbonyl (C=O) groups excluding carboxylic acids is 7. The molecule has 0 aromatic heterocycles. The Morgan fingerprint density at radius 1 is 0.762 bits per heavy atom. The first kappa shape index (κ1) is 67.2. The number of aromatic hydroxyl groups is 1. The number of nitrogens with one attached hydrogen (secondary N) is 6. The van der Waals surface area contributed by atoms with E-state index in [4.69, 9.17) is 5.73 Å². The zero-order valence-corrected chi connectivity index (χ0v) is 47.2. The predicted molar refractivity (Wildman–Crippen MR) is 298 cm³/mol. The van der Waals surface area contributed by atoms with Crippen LogP contribution in [-0.2, 0) is 33.6 Å². The van der Waals surface area contributed by atoms with Crippen LogP contribution in [0.4, 0.5) is 0 Å². The minimum Gasteiger partial charge on any atom is -0.508 e. The third-order valence-electron chi connectivity index (χ3n) is 14.8. The number of phenols is 1. The molecular weight excluding hydrogens is 1060 g/mol. The number of nitrogens with two attached hydrogens (primary N) is 1. The van der Waals surface area contributed by atoms with Gasteiger partial charge in [-0.25, -0.2) is 0 Å². The molecule has 6 amide bonds. The summed E-state index contributed by atoms with van der Waals surface area (Å²) in [6, 6.07) is 3.74. The van der Waals surface area contributed by atoms with Gasteiger partial charge < -0.3 is 88.2 Å². The van der Waals surface area contributed by atoms with Crippen LogP contribution in [0.3, 0.4) is 0 Å². The Balaban J connectivity index is 1.57. The van der Waals surface area contributed by atoms with E-state index in [0.29, 0.717) is 36.1 Å². The zero-order valence-electron chi connectivity index (χ0n) is 46.4. The molecule has 24 heteroatoms. The first-order valence-corrected chi connectivity index (χ1v) is 28.9. The van der Waals surface area contributed by atoms with Crippen molar-refractivity contribution < 1.29 is 74.4 Å². The third kappa shape index (κ3) is 21.2. The van der Waals surface area contributed by atoms with Crippen LogP contribution >= 0.6 is 11.8 Å². The monoisotopic (exact) mass is 1140 g/mol. The molecule has 2 fully saturated rings. The van der Waals surface area contributed by atoms with Crippen molar-refractivity contribution >= 4 is 53.5 Å². The molecule has 23 nitrogen and oxygen atoms in total. The number of amides is 6. The predicted octanol–water partition coefficient (Wildman–Crippen LogP) is -0.122. The fraction of sp³-hybridized carbons (Fsp3) is 0.661. The van der Waals surface area contributed by atoms with Crippen molar-refractivity contribution in [2.45, 2.75) is 207 Å². The number of hydrogen-bond acceptors (Lipinski definition) is 18. The van der Waals surface area contributed by atoms with Crippen LogP contribution in [0, 0.1) is 11.8 Å². The standard InChI is InChI=1S/C56H88N8O15S/c1-5-32(2)27-33(3)15-11-8-6-7-9-14-18-45(72)59-39(29-44(71)55(80-38-16-12-10-13-17-38)63-53(77)47-43(70)24-26-58-47)51(75)61-46(34(4)66)56(79)64-30-37(68)28-41(64)52(76)62-48(54(78)60-40(31-65)42(69)23-25-57)50(74)49(73)35-19-21-36(67)22-20-35/h10,12-13,16-17,19-22,31-34,37,39-44,46-50,55,58,66-71,73-74H,5-9,11,14-15,18,23-30,57H2,1-4H3,(H,59,72)(H,60,78)(H,61,75)(H,62,76)(H,63,77)/t32?,33?,34-,37-,39?,40?,41?,42-,43+,44-,46?,47?,48?,49+,50+,55?/m1/s1. The Bertz CT molecular complexity index is 2250. The molecule has 2 aliphatic rings. The normalized spacial score (nSPS) is 21.7. The van der Waals surface area contributed by atoms with E-state index >= 15 is 0 Å². The van der Waals surface area contributed by atoms with Crippen molar-refractivity contribution in [1.82, 2.24) is 36.8 Å². The van der Waals surface area contributed by atoms with Gasteiger partial charge in [0.2, 0.25) is 35.4 Å². The molecular formula is C56H88N8O15S. The van der Waals surface area contributed by atoms with Gasteiger partial charge >= 0.3 is 0 Å². The first-order chi connectivity index (χ1) is 38.1. The molecule has 0 saturated carbocycles. The number of β-amino-alcohol motifs (C(OH)–C–C–N with tert-alkyl or cyclic N) is 1. The average Bonchev–Trinajstić information content (AvgIpc) is 4.06. The minimum absolute atomic E-state index is 0.000959. The lowest BCUT2D eigenvalue weighted by Gasteiger charge is -2.33. The molecule has 0 radical (unpaired) electrons. The largest absolute Gasteiger partial charge is 0.508 e. The number of aldehydes is 1. The lowest BCUT2D eigenvalue weighted by Crippen LogP contribution is -2.62. The van der Waals surface area contributed by atoms with Crippen molar-refractivity contribution in [3.05, 3.63) is 60.2 Å². The molecule has 2 aromatic rings. The highest BCUT2D eigenvalue weighted by atomic mass is 32.2. The van der Waals surface area contributed by atoms with E-state index in [-0.39, 0.29) is 37.0 Å². The molecule has 16 N–H and O–H groups in total. The van der Waals surface area contributed by atoms with Crippen LogP contribution in [0.15, 0.2) is 59.5 Å². The van der Waals surface area contributed by atoms with Gasteiger partial charge in [0.25, 0.3) is 0 Å². The van der Waals surface area contributed by atoms with E-state index in [1.165, 1.54) is 30.7 Å². The number of unbranched alkanes of at least 4 members (excludes halogenated alkanes) is 5. The highest BCUT2D eigenvalue weighted by Gasteiger charge is 2.46. The summed E-state index contributed by atoms with van der Waals surface area (Å²) in [5.74, 6) is -4.62. The fourth-order valence-corrected chi connectivity index (χ4v) is 11.0.